The van der Waals surface area contributed by atoms with Crippen molar-refractivity contribution in [1.82, 2.24) is 5.32 Å². The van der Waals surface area contributed by atoms with Crippen LogP contribution in [0.25, 0.3) is 0 Å². The summed E-state index contributed by atoms with van der Waals surface area (Å²) in [6.07, 6.45) is 1.64. The first kappa shape index (κ1) is 20.6. The van der Waals surface area contributed by atoms with Gasteiger partial charge in [0, 0.05) is 6.54 Å². The normalized spacial score (nSPS) is 11.0. The highest BCUT2D eigenvalue weighted by atomic mass is 32.2. The van der Waals surface area contributed by atoms with E-state index < -0.39 is 10.0 Å². The molecule has 3 rings (SSSR count). The van der Waals surface area contributed by atoms with Crippen LogP contribution in [0.4, 0.5) is 5.69 Å². The molecule has 0 spiro atoms. The summed E-state index contributed by atoms with van der Waals surface area (Å²) < 4.78 is 27.4. The molecule has 5 nitrogen and oxygen atoms in total. The zero-order valence-corrected chi connectivity index (χ0v) is 16.9. The van der Waals surface area contributed by atoms with Gasteiger partial charge in [0.25, 0.3) is 10.0 Å². The molecule has 150 valence electrons. The lowest BCUT2D eigenvalue weighted by atomic mass is 10.1. The zero-order chi connectivity index (χ0) is 20.5. The van der Waals surface area contributed by atoms with Gasteiger partial charge in [0.15, 0.2) is 0 Å². The summed E-state index contributed by atoms with van der Waals surface area (Å²) in [6, 6.07) is 26.9. The highest BCUT2D eigenvalue weighted by molar-refractivity contribution is 7.92. The standard InChI is InChI=1S/C23H24N2O3S/c26-23(24-18-10-13-20-11-4-1-5-12-20)19-25(21-14-6-2-7-15-21)29(27,28)22-16-8-3-9-17-22/h1-9,11-12,14-17H,10,13,18-19H2,(H,24,26). The van der Waals surface area contributed by atoms with Crippen LogP contribution in [0.5, 0.6) is 0 Å². The van der Waals surface area contributed by atoms with Crippen molar-refractivity contribution < 1.29 is 13.2 Å². The lowest BCUT2D eigenvalue weighted by Crippen LogP contribution is -2.41. The van der Waals surface area contributed by atoms with Crippen LogP contribution in [-0.2, 0) is 21.2 Å². The maximum atomic E-state index is 13.1. The smallest absolute Gasteiger partial charge is 0.264 e. The van der Waals surface area contributed by atoms with E-state index >= 15 is 0 Å². The summed E-state index contributed by atoms with van der Waals surface area (Å²) >= 11 is 0. The molecule has 3 aromatic rings. The molecule has 3 aromatic carbocycles. The minimum atomic E-state index is -3.85. The fraction of sp³-hybridized carbons (Fsp3) is 0.174. The van der Waals surface area contributed by atoms with Gasteiger partial charge >= 0.3 is 0 Å². The predicted octanol–water partition coefficient (Wildman–Crippen LogP) is 3.63. The number of anilines is 1. The molecule has 0 aromatic heterocycles. The second kappa shape index (κ2) is 9.89. The van der Waals surface area contributed by atoms with Crippen LogP contribution in [0.1, 0.15) is 12.0 Å². The Bertz CT molecular complexity index is 1010. The summed E-state index contributed by atoms with van der Waals surface area (Å²) in [5.74, 6) is -0.332. The lowest BCUT2D eigenvalue weighted by molar-refractivity contribution is -0.119. The Morgan fingerprint density at radius 3 is 1.97 bits per heavy atom. The van der Waals surface area contributed by atoms with Gasteiger partial charge in [-0.2, -0.15) is 0 Å². The number of hydrogen-bond acceptors (Lipinski definition) is 3. The second-order valence-corrected chi connectivity index (χ2v) is 8.46. The van der Waals surface area contributed by atoms with Crippen LogP contribution < -0.4 is 9.62 Å². The quantitative estimate of drug-likeness (QED) is 0.550. The van der Waals surface area contributed by atoms with Gasteiger partial charge < -0.3 is 5.32 Å². The maximum Gasteiger partial charge on any atom is 0.264 e. The summed E-state index contributed by atoms with van der Waals surface area (Å²) in [4.78, 5) is 12.7. The molecule has 0 radical (unpaired) electrons. The van der Waals surface area contributed by atoms with Crippen molar-refractivity contribution in [3.8, 4) is 0 Å². The molecule has 1 N–H and O–H groups in total. The van der Waals surface area contributed by atoms with E-state index in [1.54, 1.807) is 48.5 Å². The Hall–Kier alpha value is -3.12. The largest absolute Gasteiger partial charge is 0.355 e. The van der Waals surface area contributed by atoms with Crippen LogP contribution in [0.3, 0.4) is 0 Å². The number of carbonyl (C=O) groups is 1. The number of sulfonamides is 1. The number of rotatable bonds is 9. The first-order valence-electron chi connectivity index (χ1n) is 9.51. The van der Waals surface area contributed by atoms with Crippen LogP contribution in [-0.4, -0.2) is 27.4 Å². The van der Waals surface area contributed by atoms with Gasteiger partial charge in [0.2, 0.25) is 5.91 Å². The Morgan fingerprint density at radius 1 is 0.793 bits per heavy atom. The minimum Gasteiger partial charge on any atom is -0.355 e. The van der Waals surface area contributed by atoms with Crippen LogP contribution in [0.2, 0.25) is 0 Å². The Labute approximate surface area is 172 Å². The van der Waals surface area contributed by atoms with Gasteiger partial charge in [-0.15, -0.1) is 0 Å². The first-order chi connectivity index (χ1) is 14.1. The van der Waals surface area contributed by atoms with E-state index in [1.807, 2.05) is 30.3 Å². The number of para-hydroxylation sites is 1. The number of hydrogen-bond donors (Lipinski definition) is 1. The molecule has 0 fully saturated rings. The van der Waals surface area contributed by atoms with Gasteiger partial charge in [-0.05, 0) is 42.7 Å². The topological polar surface area (TPSA) is 66.5 Å². The highest BCUT2D eigenvalue weighted by Crippen LogP contribution is 2.23. The minimum absolute atomic E-state index is 0.153. The molecule has 6 heteroatoms. The number of aryl methyl sites for hydroxylation is 1. The van der Waals surface area contributed by atoms with Crippen molar-refractivity contribution in [2.45, 2.75) is 17.7 Å². The van der Waals surface area contributed by atoms with E-state index in [0.717, 1.165) is 17.1 Å². The van der Waals surface area contributed by atoms with Crippen molar-refractivity contribution in [3.63, 3.8) is 0 Å². The summed E-state index contributed by atoms with van der Waals surface area (Å²) in [6.45, 7) is 0.217. The van der Waals surface area contributed by atoms with E-state index in [-0.39, 0.29) is 17.3 Å². The molecule has 0 saturated carbocycles. The fourth-order valence-electron chi connectivity index (χ4n) is 2.98. The fourth-order valence-corrected chi connectivity index (χ4v) is 4.42. The monoisotopic (exact) mass is 408 g/mol. The third-order valence-corrected chi connectivity index (χ3v) is 6.26. The van der Waals surface area contributed by atoms with E-state index in [9.17, 15) is 13.2 Å². The molecule has 0 aliphatic heterocycles. The SMILES string of the molecule is O=C(CN(c1ccccc1)S(=O)(=O)c1ccccc1)NCCCc1ccccc1. The molecule has 0 heterocycles. The Morgan fingerprint density at radius 2 is 1.34 bits per heavy atom. The third-order valence-electron chi connectivity index (χ3n) is 4.47. The lowest BCUT2D eigenvalue weighted by Gasteiger charge is -2.24. The number of benzene rings is 3. The van der Waals surface area contributed by atoms with Crippen molar-refractivity contribution in [3.05, 3.63) is 96.6 Å². The molecule has 0 bridgehead atoms. The molecule has 0 unspecified atom stereocenters. The van der Waals surface area contributed by atoms with Crippen molar-refractivity contribution in [2.75, 3.05) is 17.4 Å². The van der Waals surface area contributed by atoms with Gasteiger partial charge in [0.05, 0.1) is 10.6 Å². The van der Waals surface area contributed by atoms with Gasteiger partial charge in [-0.25, -0.2) is 8.42 Å². The molecule has 0 atom stereocenters. The number of amides is 1. The Kier molecular flexibility index (Phi) is 7.03. The average Bonchev–Trinajstić information content (AvgIpc) is 2.77. The van der Waals surface area contributed by atoms with Gasteiger partial charge in [-0.1, -0.05) is 66.7 Å². The highest BCUT2D eigenvalue weighted by Gasteiger charge is 2.26. The summed E-state index contributed by atoms with van der Waals surface area (Å²) in [5.41, 5.74) is 1.66. The van der Waals surface area contributed by atoms with Gasteiger partial charge in [0.1, 0.15) is 6.54 Å². The number of carbonyl (C=O) groups excluding carboxylic acids is 1. The predicted molar refractivity (Wildman–Crippen MR) is 115 cm³/mol. The van der Waals surface area contributed by atoms with Crippen LogP contribution >= 0.6 is 0 Å². The molecule has 29 heavy (non-hydrogen) atoms. The zero-order valence-electron chi connectivity index (χ0n) is 16.1. The van der Waals surface area contributed by atoms with Crippen molar-refractivity contribution >= 4 is 21.6 Å². The van der Waals surface area contributed by atoms with Crippen LogP contribution in [0, 0.1) is 0 Å². The molecule has 0 aliphatic rings. The van der Waals surface area contributed by atoms with Crippen molar-refractivity contribution in [1.29, 1.82) is 0 Å². The van der Waals surface area contributed by atoms with Gasteiger partial charge in [-0.3, -0.25) is 9.10 Å². The van der Waals surface area contributed by atoms with Crippen LogP contribution in [0.15, 0.2) is 95.9 Å². The Balaban J connectivity index is 1.66. The second-order valence-electron chi connectivity index (χ2n) is 6.60. The molecule has 1 amide bonds. The van der Waals surface area contributed by atoms with E-state index in [2.05, 4.69) is 5.32 Å². The average molecular weight is 409 g/mol. The summed E-state index contributed by atoms with van der Waals surface area (Å²) in [7, 11) is -3.85. The van der Waals surface area contributed by atoms with E-state index in [1.165, 1.54) is 17.7 Å². The van der Waals surface area contributed by atoms with E-state index in [4.69, 9.17) is 0 Å². The summed E-state index contributed by atoms with van der Waals surface area (Å²) in [5, 5.41) is 2.83. The first-order valence-corrected chi connectivity index (χ1v) is 10.9. The van der Waals surface area contributed by atoms with Crippen molar-refractivity contribution in [2.24, 2.45) is 0 Å². The number of nitrogens with zero attached hydrogens (tertiary/aromatic N) is 1. The molecule has 0 aliphatic carbocycles. The molecular weight excluding hydrogens is 384 g/mol. The van der Waals surface area contributed by atoms with E-state index in [0.29, 0.717) is 12.2 Å². The number of nitrogens with one attached hydrogen (secondary N) is 1. The third kappa shape index (κ3) is 5.68. The molecule has 0 saturated heterocycles. The maximum absolute atomic E-state index is 13.1. The molecular formula is C23H24N2O3S.